The minimum absolute atomic E-state index is 0.120. The second-order valence-electron chi connectivity index (χ2n) is 4.50. The van der Waals surface area contributed by atoms with Crippen molar-refractivity contribution in [3.63, 3.8) is 0 Å². The molecule has 0 aliphatic carbocycles. The molecule has 0 saturated carbocycles. The van der Waals surface area contributed by atoms with Crippen LogP contribution in [0.3, 0.4) is 0 Å². The summed E-state index contributed by atoms with van der Waals surface area (Å²) in [5.74, 6) is 0.646. The van der Waals surface area contributed by atoms with E-state index in [9.17, 15) is 8.42 Å². The van der Waals surface area contributed by atoms with Crippen molar-refractivity contribution in [2.75, 3.05) is 17.2 Å². The zero-order chi connectivity index (χ0) is 12.9. The standard InChI is InChI=1S/C11H12ClN3O2S/c12-8-2-1-3-9-10(8)14-11(13)15(9)7-4-5-18(16,17)6-7/h1-3,7H,4-6H2,(H2,13,14). The summed E-state index contributed by atoms with van der Waals surface area (Å²) in [6, 6.07) is 5.27. The molecule has 2 N–H and O–H groups in total. The van der Waals surface area contributed by atoms with Crippen molar-refractivity contribution in [3.8, 4) is 0 Å². The first-order chi connectivity index (χ1) is 8.48. The van der Waals surface area contributed by atoms with Crippen molar-refractivity contribution in [2.24, 2.45) is 0 Å². The van der Waals surface area contributed by atoms with Gasteiger partial charge in [-0.2, -0.15) is 0 Å². The smallest absolute Gasteiger partial charge is 0.201 e. The number of rotatable bonds is 1. The summed E-state index contributed by atoms with van der Waals surface area (Å²) in [4.78, 5) is 4.22. The Morgan fingerprint density at radius 1 is 1.44 bits per heavy atom. The van der Waals surface area contributed by atoms with Gasteiger partial charge in [0, 0.05) is 0 Å². The number of aromatic nitrogens is 2. The first-order valence-electron chi connectivity index (χ1n) is 5.60. The van der Waals surface area contributed by atoms with Gasteiger partial charge in [-0.05, 0) is 18.6 Å². The Morgan fingerprint density at radius 3 is 2.89 bits per heavy atom. The predicted molar refractivity (Wildman–Crippen MR) is 71.5 cm³/mol. The third-order valence-corrected chi connectivity index (χ3v) is 5.33. The molecule has 1 fully saturated rings. The first-order valence-corrected chi connectivity index (χ1v) is 7.80. The number of hydrogen-bond donors (Lipinski definition) is 1. The number of nitrogens with two attached hydrogens (primary N) is 1. The molecule has 3 rings (SSSR count). The summed E-state index contributed by atoms with van der Waals surface area (Å²) in [7, 11) is -2.95. The van der Waals surface area contributed by atoms with Gasteiger partial charge in [0.25, 0.3) is 0 Å². The Labute approximate surface area is 109 Å². The maximum atomic E-state index is 11.5. The molecule has 0 amide bonds. The van der Waals surface area contributed by atoms with Crippen LogP contribution >= 0.6 is 11.6 Å². The Kier molecular flexibility index (Phi) is 2.53. The summed E-state index contributed by atoms with van der Waals surface area (Å²) in [5, 5.41) is 0.527. The molecule has 96 valence electrons. The quantitative estimate of drug-likeness (QED) is 0.864. The SMILES string of the molecule is Nc1nc2c(Cl)cccc2n1C1CCS(=O)(=O)C1. The van der Waals surface area contributed by atoms with Crippen LogP contribution in [-0.4, -0.2) is 29.5 Å². The van der Waals surface area contributed by atoms with E-state index < -0.39 is 9.84 Å². The first kappa shape index (κ1) is 11.8. The van der Waals surface area contributed by atoms with Gasteiger partial charge in [-0.1, -0.05) is 17.7 Å². The third-order valence-electron chi connectivity index (χ3n) is 3.27. The molecule has 1 unspecified atom stereocenters. The lowest BCUT2D eigenvalue weighted by atomic mass is 10.2. The fraction of sp³-hybridized carbons (Fsp3) is 0.364. The maximum Gasteiger partial charge on any atom is 0.201 e. The molecular weight excluding hydrogens is 274 g/mol. The van der Waals surface area contributed by atoms with E-state index in [0.717, 1.165) is 5.52 Å². The molecule has 18 heavy (non-hydrogen) atoms. The molecule has 5 nitrogen and oxygen atoms in total. The lowest BCUT2D eigenvalue weighted by Crippen LogP contribution is -2.13. The van der Waals surface area contributed by atoms with Crippen LogP contribution in [0.25, 0.3) is 11.0 Å². The molecular formula is C11H12ClN3O2S. The summed E-state index contributed by atoms with van der Waals surface area (Å²) < 4.78 is 24.9. The number of fused-ring (bicyclic) bond motifs is 1. The van der Waals surface area contributed by atoms with Gasteiger partial charge < -0.3 is 10.3 Å². The molecule has 2 aromatic rings. The molecule has 7 heteroatoms. The highest BCUT2D eigenvalue weighted by Gasteiger charge is 2.31. The van der Waals surface area contributed by atoms with Crippen LogP contribution in [0.5, 0.6) is 0 Å². The van der Waals surface area contributed by atoms with E-state index in [1.807, 2.05) is 12.1 Å². The highest BCUT2D eigenvalue weighted by Crippen LogP contribution is 2.32. The van der Waals surface area contributed by atoms with Crippen LogP contribution in [0.15, 0.2) is 18.2 Å². The Morgan fingerprint density at radius 2 is 2.22 bits per heavy atom. The maximum absolute atomic E-state index is 11.5. The molecule has 0 spiro atoms. The summed E-state index contributed by atoms with van der Waals surface area (Å²) in [6.45, 7) is 0. The number of nitrogens with zero attached hydrogens (tertiary/aromatic N) is 2. The largest absolute Gasteiger partial charge is 0.369 e. The number of imidazole rings is 1. The average Bonchev–Trinajstić information content (AvgIpc) is 2.79. The monoisotopic (exact) mass is 285 g/mol. The summed E-state index contributed by atoms with van der Waals surface area (Å²) in [5.41, 5.74) is 7.31. The summed E-state index contributed by atoms with van der Waals surface area (Å²) >= 11 is 6.06. The molecule has 1 aromatic heterocycles. The fourth-order valence-corrected chi connectivity index (χ4v) is 4.38. The van der Waals surface area contributed by atoms with Gasteiger partial charge in [-0.15, -0.1) is 0 Å². The topological polar surface area (TPSA) is 78.0 Å². The van der Waals surface area contributed by atoms with Gasteiger partial charge in [0.15, 0.2) is 9.84 Å². The Hall–Kier alpha value is -1.27. The van der Waals surface area contributed by atoms with E-state index in [1.54, 1.807) is 10.6 Å². The van der Waals surface area contributed by atoms with Crippen LogP contribution in [0.2, 0.25) is 5.02 Å². The van der Waals surface area contributed by atoms with E-state index >= 15 is 0 Å². The lowest BCUT2D eigenvalue weighted by molar-refractivity contribution is 0.575. The molecule has 0 bridgehead atoms. The van der Waals surface area contributed by atoms with Gasteiger partial charge in [0.1, 0.15) is 5.52 Å². The van der Waals surface area contributed by atoms with Crippen LogP contribution in [0.4, 0.5) is 5.95 Å². The third kappa shape index (κ3) is 1.76. The van der Waals surface area contributed by atoms with Gasteiger partial charge in [-0.3, -0.25) is 0 Å². The van der Waals surface area contributed by atoms with E-state index in [4.69, 9.17) is 17.3 Å². The predicted octanol–water partition coefficient (Wildman–Crippen LogP) is 1.63. The van der Waals surface area contributed by atoms with E-state index in [-0.39, 0.29) is 17.5 Å². The number of halogens is 1. The van der Waals surface area contributed by atoms with Crippen molar-refractivity contribution in [1.82, 2.24) is 9.55 Å². The van der Waals surface area contributed by atoms with Crippen molar-refractivity contribution in [2.45, 2.75) is 12.5 Å². The van der Waals surface area contributed by atoms with Gasteiger partial charge in [0.05, 0.1) is 28.1 Å². The molecule has 1 aliphatic rings. The van der Waals surface area contributed by atoms with Crippen LogP contribution < -0.4 is 5.73 Å². The highest BCUT2D eigenvalue weighted by molar-refractivity contribution is 7.91. The van der Waals surface area contributed by atoms with Crippen LogP contribution in [-0.2, 0) is 9.84 Å². The number of anilines is 1. The molecule has 0 radical (unpaired) electrons. The lowest BCUT2D eigenvalue weighted by Gasteiger charge is -2.12. The molecule has 1 atom stereocenters. The molecule has 2 heterocycles. The second kappa shape index (κ2) is 3.86. The summed E-state index contributed by atoms with van der Waals surface area (Å²) in [6.07, 6.45) is 0.574. The Bertz CT molecular complexity index is 723. The van der Waals surface area contributed by atoms with E-state index in [0.29, 0.717) is 22.9 Å². The van der Waals surface area contributed by atoms with E-state index in [1.165, 1.54) is 0 Å². The number of nitrogen functional groups attached to an aromatic ring is 1. The number of para-hydroxylation sites is 1. The van der Waals surface area contributed by atoms with Crippen molar-refractivity contribution >= 4 is 38.4 Å². The normalized spacial score (nSPS) is 22.6. The minimum atomic E-state index is -2.95. The van der Waals surface area contributed by atoms with Gasteiger partial charge >= 0.3 is 0 Å². The van der Waals surface area contributed by atoms with Crippen LogP contribution in [0.1, 0.15) is 12.5 Å². The van der Waals surface area contributed by atoms with Crippen molar-refractivity contribution < 1.29 is 8.42 Å². The number of benzene rings is 1. The highest BCUT2D eigenvalue weighted by atomic mass is 35.5. The number of hydrogen-bond acceptors (Lipinski definition) is 4. The minimum Gasteiger partial charge on any atom is -0.369 e. The molecule has 1 saturated heterocycles. The molecule has 1 aliphatic heterocycles. The average molecular weight is 286 g/mol. The van der Waals surface area contributed by atoms with Gasteiger partial charge in [0.2, 0.25) is 5.95 Å². The Balaban J connectivity index is 2.18. The molecule has 1 aromatic carbocycles. The van der Waals surface area contributed by atoms with E-state index in [2.05, 4.69) is 4.98 Å². The fourth-order valence-electron chi connectivity index (χ4n) is 2.46. The second-order valence-corrected chi connectivity index (χ2v) is 7.14. The van der Waals surface area contributed by atoms with Crippen molar-refractivity contribution in [3.05, 3.63) is 23.2 Å². The number of sulfone groups is 1. The zero-order valence-corrected chi connectivity index (χ0v) is 11.1. The van der Waals surface area contributed by atoms with Crippen LogP contribution in [0, 0.1) is 0 Å². The van der Waals surface area contributed by atoms with Crippen molar-refractivity contribution in [1.29, 1.82) is 0 Å². The zero-order valence-electron chi connectivity index (χ0n) is 9.51. The van der Waals surface area contributed by atoms with Gasteiger partial charge in [-0.25, -0.2) is 13.4 Å².